The van der Waals surface area contributed by atoms with Crippen LogP contribution in [0.15, 0.2) is 47.9 Å². The highest BCUT2D eigenvalue weighted by Gasteiger charge is 2.65. The number of nitrogens with one attached hydrogen (secondary N) is 1. The van der Waals surface area contributed by atoms with Crippen LogP contribution in [-0.2, 0) is 15.4 Å². The minimum atomic E-state index is -3.24. The lowest BCUT2D eigenvalue weighted by atomic mass is 9.92. The third kappa shape index (κ3) is 3.46. The number of hydrogen-bond donors (Lipinski definition) is 1. The number of anilines is 1. The van der Waals surface area contributed by atoms with Crippen LogP contribution in [0.3, 0.4) is 0 Å². The fourth-order valence-corrected chi connectivity index (χ4v) is 5.58. The molecule has 0 amide bonds. The van der Waals surface area contributed by atoms with Gasteiger partial charge < -0.3 is 0 Å². The van der Waals surface area contributed by atoms with Crippen molar-refractivity contribution in [2.45, 2.75) is 12.3 Å². The van der Waals surface area contributed by atoms with Crippen molar-refractivity contribution in [1.82, 2.24) is 4.90 Å². The van der Waals surface area contributed by atoms with E-state index in [1.165, 1.54) is 16.7 Å². The molecule has 1 saturated heterocycles. The number of piperidine rings is 1. The van der Waals surface area contributed by atoms with Crippen LogP contribution in [0.4, 0.5) is 5.69 Å². The summed E-state index contributed by atoms with van der Waals surface area (Å²) in [6, 6.07) is 12.1. The summed E-state index contributed by atoms with van der Waals surface area (Å²) >= 11 is 1.76. The average Bonchev–Trinajstić information content (AvgIpc) is 3.00. The van der Waals surface area contributed by atoms with Gasteiger partial charge in [-0.25, -0.2) is 8.42 Å². The Morgan fingerprint density at radius 3 is 2.69 bits per heavy atom. The van der Waals surface area contributed by atoms with Gasteiger partial charge in [-0.15, -0.1) is 11.3 Å². The molecule has 4 rings (SSSR count). The molecule has 26 heavy (non-hydrogen) atoms. The van der Waals surface area contributed by atoms with E-state index < -0.39 is 10.0 Å². The summed E-state index contributed by atoms with van der Waals surface area (Å²) in [5.41, 5.74) is 2.07. The van der Waals surface area contributed by atoms with E-state index in [0.29, 0.717) is 17.5 Å². The van der Waals surface area contributed by atoms with E-state index in [1.54, 1.807) is 11.3 Å². The molecule has 6 heteroatoms. The quantitative estimate of drug-likeness (QED) is 0.822. The first kappa shape index (κ1) is 17.8. The van der Waals surface area contributed by atoms with Crippen molar-refractivity contribution in [3.63, 3.8) is 0 Å². The molecule has 1 aromatic heterocycles. The van der Waals surface area contributed by atoms with E-state index in [4.69, 9.17) is 0 Å². The molecule has 0 spiro atoms. The summed E-state index contributed by atoms with van der Waals surface area (Å²) in [6.45, 7) is 5.54. The highest BCUT2D eigenvalue weighted by molar-refractivity contribution is 7.92. The van der Waals surface area contributed by atoms with E-state index in [2.05, 4.69) is 52.3 Å². The van der Waals surface area contributed by atoms with Crippen LogP contribution in [0.5, 0.6) is 0 Å². The molecule has 1 saturated carbocycles. The van der Waals surface area contributed by atoms with Gasteiger partial charge in [0.15, 0.2) is 0 Å². The minimum absolute atomic E-state index is 0.170. The van der Waals surface area contributed by atoms with Gasteiger partial charge in [0.2, 0.25) is 10.0 Å². The molecule has 4 nitrogen and oxygen atoms in total. The molecular weight excluding hydrogens is 364 g/mol. The molecule has 0 radical (unpaired) electrons. The van der Waals surface area contributed by atoms with Crippen molar-refractivity contribution in [3.8, 4) is 0 Å². The van der Waals surface area contributed by atoms with E-state index >= 15 is 0 Å². The maximum Gasteiger partial charge on any atom is 0.229 e. The van der Waals surface area contributed by atoms with Gasteiger partial charge in [-0.2, -0.15) is 0 Å². The van der Waals surface area contributed by atoms with Crippen LogP contribution < -0.4 is 4.72 Å². The lowest BCUT2D eigenvalue weighted by Gasteiger charge is -2.23. The minimum Gasteiger partial charge on any atom is -0.299 e. The zero-order chi connectivity index (χ0) is 18.4. The normalized spacial score (nSPS) is 28.4. The molecule has 1 aliphatic heterocycles. The fraction of sp³-hybridized carbons (Fsp3) is 0.400. The van der Waals surface area contributed by atoms with Gasteiger partial charge in [-0.1, -0.05) is 31.2 Å². The molecule has 2 fully saturated rings. The smallest absolute Gasteiger partial charge is 0.229 e. The Hall–Kier alpha value is -1.63. The third-order valence-corrected chi connectivity index (χ3v) is 7.25. The molecule has 1 aliphatic carbocycles. The van der Waals surface area contributed by atoms with Crippen LogP contribution >= 0.6 is 11.3 Å². The monoisotopic (exact) mass is 388 g/mol. The molecule has 2 atom stereocenters. The molecule has 1 aromatic carbocycles. The summed E-state index contributed by atoms with van der Waals surface area (Å²) in [7, 11) is -3.24. The summed E-state index contributed by atoms with van der Waals surface area (Å²) in [4.78, 5) is 3.81. The zero-order valence-electron chi connectivity index (χ0n) is 15.1. The summed E-state index contributed by atoms with van der Waals surface area (Å²) in [5, 5.41) is 2.10. The van der Waals surface area contributed by atoms with Crippen molar-refractivity contribution in [2.75, 3.05) is 30.6 Å². The number of hydrogen-bond acceptors (Lipinski definition) is 4. The lowest BCUT2D eigenvalue weighted by molar-refractivity contribution is 0.305. The first-order valence-corrected chi connectivity index (χ1v) is 11.6. The second-order valence-corrected chi connectivity index (χ2v) is 10.3. The molecule has 2 aliphatic rings. The molecule has 2 unspecified atom stereocenters. The summed E-state index contributed by atoms with van der Waals surface area (Å²) in [5.74, 6) is 1.32. The first-order chi connectivity index (χ1) is 12.4. The van der Waals surface area contributed by atoms with Gasteiger partial charge in [-0.3, -0.25) is 9.62 Å². The Morgan fingerprint density at radius 2 is 2.04 bits per heavy atom. The second kappa shape index (κ2) is 6.51. The SMILES string of the molecule is CC1(c2cccc(NS(C)(=O)=O)c2)C2CN(CC=Cc3cccs3)CC21. The van der Waals surface area contributed by atoms with Crippen LogP contribution in [0, 0.1) is 11.8 Å². The van der Waals surface area contributed by atoms with Gasteiger partial charge in [0.1, 0.15) is 0 Å². The van der Waals surface area contributed by atoms with Crippen LogP contribution in [0.1, 0.15) is 17.4 Å². The van der Waals surface area contributed by atoms with Crippen LogP contribution in [0.25, 0.3) is 6.08 Å². The molecule has 0 bridgehead atoms. The van der Waals surface area contributed by atoms with Gasteiger partial charge in [0, 0.05) is 35.6 Å². The summed E-state index contributed by atoms with van der Waals surface area (Å²) in [6.07, 6.45) is 5.65. The Balaban J connectivity index is 1.39. The van der Waals surface area contributed by atoms with E-state index in [1.807, 2.05) is 18.2 Å². The van der Waals surface area contributed by atoms with Crippen molar-refractivity contribution in [2.24, 2.45) is 11.8 Å². The lowest BCUT2D eigenvalue weighted by Crippen LogP contribution is -2.29. The summed E-state index contributed by atoms with van der Waals surface area (Å²) < 4.78 is 25.5. The number of sulfonamides is 1. The molecule has 2 aromatic rings. The van der Waals surface area contributed by atoms with E-state index in [9.17, 15) is 8.42 Å². The van der Waals surface area contributed by atoms with Crippen molar-refractivity contribution in [1.29, 1.82) is 0 Å². The standard InChI is InChI=1S/C20H24N2O2S2/c1-20(15-6-3-7-16(12-15)21-26(2,23)24)18-13-22(14-19(18)20)10-4-8-17-9-5-11-25-17/h3-9,11-12,18-19,21H,10,13-14H2,1-2H3. The van der Waals surface area contributed by atoms with Crippen LogP contribution in [0.2, 0.25) is 0 Å². The largest absolute Gasteiger partial charge is 0.299 e. The average molecular weight is 389 g/mol. The highest BCUT2D eigenvalue weighted by atomic mass is 32.2. The van der Waals surface area contributed by atoms with Crippen molar-refractivity contribution >= 4 is 33.1 Å². The Labute approximate surface area is 159 Å². The molecule has 2 heterocycles. The number of likely N-dealkylation sites (tertiary alicyclic amines) is 1. The number of rotatable bonds is 6. The second-order valence-electron chi connectivity index (χ2n) is 7.59. The van der Waals surface area contributed by atoms with Gasteiger partial charge in [-0.05, 0) is 47.1 Å². The number of fused-ring (bicyclic) bond motifs is 1. The maximum absolute atomic E-state index is 11.5. The van der Waals surface area contributed by atoms with Crippen molar-refractivity contribution < 1.29 is 8.42 Å². The number of nitrogens with zero attached hydrogens (tertiary/aromatic N) is 1. The Morgan fingerprint density at radius 1 is 1.27 bits per heavy atom. The van der Waals surface area contributed by atoms with E-state index in [-0.39, 0.29) is 5.41 Å². The van der Waals surface area contributed by atoms with Gasteiger partial charge in [0.05, 0.1) is 6.26 Å². The molecule has 1 N–H and O–H groups in total. The molecular formula is C20H24N2O2S2. The Kier molecular flexibility index (Phi) is 4.45. The predicted octanol–water partition coefficient (Wildman–Crippen LogP) is 3.65. The van der Waals surface area contributed by atoms with Gasteiger partial charge >= 0.3 is 0 Å². The topological polar surface area (TPSA) is 49.4 Å². The zero-order valence-corrected chi connectivity index (χ0v) is 16.7. The first-order valence-electron chi connectivity index (χ1n) is 8.87. The van der Waals surface area contributed by atoms with Crippen LogP contribution in [-0.4, -0.2) is 39.2 Å². The highest BCUT2D eigenvalue weighted by Crippen LogP contribution is 2.63. The predicted molar refractivity (Wildman–Crippen MR) is 109 cm³/mol. The fourth-order valence-electron chi connectivity index (χ4n) is 4.38. The number of benzene rings is 1. The maximum atomic E-state index is 11.5. The number of thiophene rings is 1. The van der Waals surface area contributed by atoms with E-state index in [0.717, 1.165) is 19.6 Å². The third-order valence-electron chi connectivity index (χ3n) is 5.80. The van der Waals surface area contributed by atoms with Crippen molar-refractivity contribution in [3.05, 3.63) is 58.3 Å². The van der Waals surface area contributed by atoms with Gasteiger partial charge in [0.25, 0.3) is 0 Å². The Bertz CT molecular complexity index is 907. The molecule has 138 valence electrons.